The quantitative estimate of drug-likeness (QED) is 0.718. The number of halogens is 1. The maximum Gasteiger partial charge on any atom is 0.214 e. The summed E-state index contributed by atoms with van der Waals surface area (Å²) in [5, 5.41) is 15.0. The fourth-order valence-electron chi connectivity index (χ4n) is 2.48. The van der Waals surface area contributed by atoms with Crippen molar-refractivity contribution in [3.8, 4) is 17.3 Å². The van der Waals surface area contributed by atoms with E-state index in [4.69, 9.17) is 0 Å². The Labute approximate surface area is 131 Å². The largest absolute Gasteiger partial charge is 0.216 e. The molecule has 0 unspecified atom stereocenters. The van der Waals surface area contributed by atoms with Gasteiger partial charge in [0.25, 0.3) is 0 Å². The SMILES string of the molecule is CCC(CC)c1nn2c(C#N)c(-c3ccc(F)cc3)nc2s1. The number of fused-ring (bicyclic) bond motifs is 1. The van der Waals surface area contributed by atoms with Gasteiger partial charge in [0.1, 0.15) is 22.6 Å². The zero-order valence-electron chi connectivity index (χ0n) is 12.4. The number of nitrogens with zero attached hydrogens (tertiary/aromatic N) is 4. The standard InChI is InChI=1S/C16H15FN4S/c1-3-10(4-2)15-20-21-13(9-18)14(19-16(21)22-15)11-5-7-12(17)8-6-11/h5-8,10H,3-4H2,1-2H3. The summed E-state index contributed by atoms with van der Waals surface area (Å²) in [6.45, 7) is 4.26. The second-order valence-electron chi connectivity index (χ2n) is 5.08. The van der Waals surface area contributed by atoms with E-state index in [0.717, 1.165) is 23.4 Å². The Hall–Kier alpha value is -2.26. The third-order valence-electron chi connectivity index (χ3n) is 3.78. The number of benzene rings is 1. The van der Waals surface area contributed by atoms with Gasteiger partial charge in [0.2, 0.25) is 4.96 Å². The lowest BCUT2D eigenvalue weighted by molar-refractivity contribution is 0.625. The third-order valence-corrected chi connectivity index (χ3v) is 4.85. The lowest BCUT2D eigenvalue weighted by Gasteiger charge is -2.06. The first-order chi connectivity index (χ1) is 10.7. The van der Waals surface area contributed by atoms with Gasteiger partial charge in [0.15, 0.2) is 5.69 Å². The van der Waals surface area contributed by atoms with Crippen molar-refractivity contribution < 1.29 is 4.39 Å². The Balaban J connectivity index is 2.12. The first-order valence-electron chi connectivity index (χ1n) is 7.23. The van der Waals surface area contributed by atoms with Crippen LogP contribution in [-0.2, 0) is 0 Å². The van der Waals surface area contributed by atoms with Crippen LogP contribution in [0.5, 0.6) is 0 Å². The predicted molar refractivity (Wildman–Crippen MR) is 84.3 cm³/mol. The fourth-order valence-corrected chi connectivity index (χ4v) is 3.64. The molecule has 6 heteroatoms. The molecule has 0 spiro atoms. The molecule has 1 aromatic carbocycles. The molecular formula is C16H15FN4S. The van der Waals surface area contributed by atoms with Crippen molar-refractivity contribution in [1.82, 2.24) is 14.6 Å². The van der Waals surface area contributed by atoms with E-state index < -0.39 is 0 Å². The van der Waals surface area contributed by atoms with Crippen molar-refractivity contribution in [3.63, 3.8) is 0 Å². The second kappa shape index (κ2) is 5.85. The summed E-state index contributed by atoms with van der Waals surface area (Å²) < 4.78 is 14.7. The summed E-state index contributed by atoms with van der Waals surface area (Å²) in [5.41, 5.74) is 1.67. The molecule has 0 saturated heterocycles. The minimum absolute atomic E-state index is 0.308. The molecule has 0 N–H and O–H groups in total. The Morgan fingerprint density at radius 1 is 1.27 bits per heavy atom. The highest BCUT2D eigenvalue weighted by Gasteiger charge is 2.20. The summed E-state index contributed by atoms with van der Waals surface area (Å²) in [6.07, 6.45) is 2.03. The number of hydrogen-bond acceptors (Lipinski definition) is 4. The van der Waals surface area contributed by atoms with Gasteiger partial charge in [0.05, 0.1) is 0 Å². The van der Waals surface area contributed by atoms with E-state index in [-0.39, 0.29) is 5.82 Å². The first-order valence-corrected chi connectivity index (χ1v) is 8.05. The van der Waals surface area contributed by atoms with E-state index in [1.165, 1.54) is 23.5 Å². The Kier molecular flexibility index (Phi) is 3.90. The summed E-state index contributed by atoms with van der Waals surface area (Å²) in [6, 6.07) is 8.17. The van der Waals surface area contributed by atoms with Crippen molar-refractivity contribution in [2.45, 2.75) is 32.6 Å². The van der Waals surface area contributed by atoms with Crippen LogP contribution in [0.2, 0.25) is 0 Å². The zero-order chi connectivity index (χ0) is 15.7. The summed E-state index contributed by atoms with van der Waals surface area (Å²) >= 11 is 1.52. The molecule has 0 aliphatic heterocycles. The van der Waals surface area contributed by atoms with Crippen molar-refractivity contribution in [2.24, 2.45) is 0 Å². The molecule has 3 rings (SSSR count). The van der Waals surface area contributed by atoms with E-state index in [1.54, 1.807) is 16.6 Å². The highest BCUT2D eigenvalue weighted by molar-refractivity contribution is 7.16. The molecule has 3 aromatic rings. The molecule has 2 aromatic heterocycles. The molecule has 4 nitrogen and oxygen atoms in total. The van der Waals surface area contributed by atoms with E-state index in [1.807, 2.05) is 0 Å². The molecule has 0 radical (unpaired) electrons. The van der Waals surface area contributed by atoms with Gasteiger partial charge >= 0.3 is 0 Å². The first kappa shape index (κ1) is 14.7. The van der Waals surface area contributed by atoms with Gasteiger partial charge in [-0.25, -0.2) is 9.37 Å². The number of rotatable bonds is 4. The van der Waals surface area contributed by atoms with E-state index in [2.05, 4.69) is 30.0 Å². The van der Waals surface area contributed by atoms with Crippen molar-refractivity contribution in [1.29, 1.82) is 5.26 Å². The number of nitriles is 1. The smallest absolute Gasteiger partial charge is 0.214 e. The maximum absolute atomic E-state index is 13.0. The van der Waals surface area contributed by atoms with Crippen LogP contribution < -0.4 is 0 Å². The van der Waals surface area contributed by atoms with Gasteiger partial charge in [-0.1, -0.05) is 25.2 Å². The predicted octanol–water partition coefficient (Wildman–Crippen LogP) is 4.37. The molecule has 0 atom stereocenters. The Morgan fingerprint density at radius 3 is 2.55 bits per heavy atom. The second-order valence-corrected chi connectivity index (χ2v) is 6.06. The number of imidazole rings is 1. The van der Waals surface area contributed by atoms with Gasteiger partial charge < -0.3 is 0 Å². The van der Waals surface area contributed by atoms with E-state index in [9.17, 15) is 9.65 Å². The monoisotopic (exact) mass is 314 g/mol. The van der Waals surface area contributed by atoms with Gasteiger partial charge in [-0.2, -0.15) is 14.9 Å². The summed E-state index contributed by atoms with van der Waals surface area (Å²) in [7, 11) is 0. The minimum Gasteiger partial charge on any atom is -0.216 e. The molecule has 0 fully saturated rings. The highest BCUT2D eigenvalue weighted by Crippen LogP contribution is 2.31. The number of aromatic nitrogens is 3. The lowest BCUT2D eigenvalue weighted by atomic mass is 10.1. The highest BCUT2D eigenvalue weighted by atomic mass is 32.1. The van der Waals surface area contributed by atoms with Gasteiger partial charge in [-0.15, -0.1) is 0 Å². The molecule has 0 aliphatic rings. The van der Waals surface area contributed by atoms with Crippen LogP contribution in [0.15, 0.2) is 24.3 Å². The molecule has 0 amide bonds. The van der Waals surface area contributed by atoms with Crippen molar-refractivity contribution in [3.05, 3.63) is 40.8 Å². The zero-order valence-corrected chi connectivity index (χ0v) is 13.2. The van der Waals surface area contributed by atoms with Crippen molar-refractivity contribution >= 4 is 16.3 Å². The van der Waals surface area contributed by atoms with E-state index in [0.29, 0.717) is 22.3 Å². The van der Waals surface area contributed by atoms with Crippen LogP contribution >= 0.6 is 11.3 Å². The molecule has 22 heavy (non-hydrogen) atoms. The van der Waals surface area contributed by atoms with Crippen LogP contribution in [0.25, 0.3) is 16.2 Å². The fraction of sp³-hybridized carbons (Fsp3) is 0.312. The normalized spacial score (nSPS) is 11.2. The van der Waals surface area contributed by atoms with Gasteiger partial charge in [-0.05, 0) is 37.1 Å². The summed E-state index contributed by atoms with van der Waals surface area (Å²) in [4.78, 5) is 5.24. The van der Waals surface area contributed by atoms with Gasteiger partial charge in [-0.3, -0.25) is 0 Å². The van der Waals surface area contributed by atoms with Crippen molar-refractivity contribution in [2.75, 3.05) is 0 Å². The van der Waals surface area contributed by atoms with Crippen LogP contribution in [0, 0.1) is 17.1 Å². The minimum atomic E-state index is -0.308. The maximum atomic E-state index is 13.0. The lowest BCUT2D eigenvalue weighted by Crippen LogP contribution is -1.97. The average molecular weight is 314 g/mol. The average Bonchev–Trinajstić information content (AvgIpc) is 3.06. The van der Waals surface area contributed by atoms with Crippen LogP contribution in [0.4, 0.5) is 4.39 Å². The van der Waals surface area contributed by atoms with Crippen LogP contribution in [-0.4, -0.2) is 14.6 Å². The molecule has 0 bridgehead atoms. The third kappa shape index (κ3) is 2.38. The summed E-state index contributed by atoms with van der Waals surface area (Å²) in [5.74, 6) is 0.0879. The number of hydrogen-bond donors (Lipinski definition) is 0. The molecule has 0 aliphatic carbocycles. The Morgan fingerprint density at radius 2 is 1.95 bits per heavy atom. The molecule has 2 heterocycles. The topological polar surface area (TPSA) is 54.0 Å². The van der Waals surface area contributed by atoms with Crippen LogP contribution in [0.3, 0.4) is 0 Å². The molecule has 112 valence electrons. The van der Waals surface area contributed by atoms with E-state index >= 15 is 0 Å². The van der Waals surface area contributed by atoms with Gasteiger partial charge in [0, 0.05) is 11.5 Å². The van der Waals surface area contributed by atoms with Crippen LogP contribution in [0.1, 0.15) is 43.3 Å². The molecular weight excluding hydrogens is 299 g/mol. The Bertz CT molecular complexity index is 838. The molecule has 0 saturated carbocycles.